The average molecular weight is 276 g/mol. The van der Waals surface area contributed by atoms with Crippen LogP contribution in [0.5, 0.6) is 5.75 Å². The second-order valence-electron chi connectivity index (χ2n) is 4.13. The summed E-state index contributed by atoms with van der Waals surface area (Å²) in [5.41, 5.74) is 0.196. The van der Waals surface area contributed by atoms with Crippen LogP contribution in [0.1, 0.15) is 24.2 Å². The Morgan fingerprint density at radius 3 is 2.65 bits per heavy atom. The van der Waals surface area contributed by atoms with E-state index >= 15 is 0 Å². The minimum atomic E-state index is -0.356. The number of carbonyl (C=O) groups is 1. The van der Waals surface area contributed by atoms with Crippen molar-refractivity contribution in [3.63, 3.8) is 0 Å². The SMILES string of the molecule is CC(C)C(Cl)CNC(=O)c1ccc(Cl)cc1O. The zero-order valence-corrected chi connectivity index (χ0v) is 11.2. The summed E-state index contributed by atoms with van der Waals surface area (Å²) in [7, 11) is 0. The molecule has 17 heavy (non-hydrogen) atoms. The number of phenolic OH excluding ortho intramolecular Hbond substituents is 1. The summed E-state index contributed by atoms with van der Waals surface area (Å²) in [5.74, 6) is -0.216. The first-order chi connectivity index (χ1) is 7.91. The molecule has 0 aromatic heterocycles. The summed E-state index contributed by atoms with van der Waals surface area (Å²) < 4.78 is 0. The van der Waals surface area contributed by atoms with Crippen LogP contribution in [0.3, 0.4) is 0 Å². The number of alkyl halides is 1. The van der Waals surface area contributed by atoms with Gasteiger partial charge in [0.1, 0.15) is 5.75 Å². The van der Waals surface area contributed by atoms with E-state index in [1.807, 2.05) is 13.8 Å². The van der Waals surface area contributed by atoms with E-state index in [4.69, 9.17) is 23.2 Å². The van der Waals surface area contributed by atoms with E-state index in [0.29, 0.717) is 11.6 Å². The van der Waals surface area contributed by atoms with Gasteiger partial charge in [-0.25, -0.2) is 0 Å². The highest BCUT2D eigenvalue weighted by molar-refractivity contribution is 6.30. The Kier molecular flexibility index (Phi) is 5.09. The minimum Gasteiger partial charge on any atom is -0.507 e. The van der Waals surface area contributed by atoms with Gasteiger partial charge in [-0.15, -0.1) is 11.6 Å². The number of halogens is 2. The Bertz CT molecular complexity index is 407. The number of hydrogen-bond donors (Lipinski definition) is 2. The fourth-order valence-electron chi connectivity index (χ4n) is 1.22. The first-order valence-electron chi connectivity index (χ1n) is 5.32. The van der Waals surface area contributed by atoms with Gasteiger partial charge in [-0.05, 0) is 24.1 Å². The third-order valence-electron chi connectivity index (χ3n) is 2.39. The molecule has 1 rings (SSSR count). The van der Waals surface area contributed by atoms with Crippen LogP contribution in [-0.2, 0) is 0 Å². The van der Waals surface area contributed by atoms with Gasteiger partial charge < -0.3 is 10.4 Å². The smallest absolute Gasteiger partial charge is 0.255 e. The van der Waals surface area contributed by atoms with Crippen LogP contribution in [0.2, 0.25) is 5.02 Å². The summed E-state index contributed by atoms with van der Waals surface area (Å²) >= 11 is 11.7. The van der Waals surface area contributed by atoms with Crippen molar-refractivity contribution in [2.45, 2.75) is 19.2 Å². The standard InChI is InChI=1S/C12H15Cl2NO2/c1-7(2)10(14)6-15-12(17)9-4-3-8(13)5-11(9)16/h3-5,7,10,16H,6H2,1-2H3,(H,15,17). The van der Waals surface area contributed by atoms with Crippen LogP contribution < -0.4 is 5.32 Å². The number of phenols is 1. The maximum absolute atomic E-state index is 11.7. The molecule has 1 atom stereocenters. The van der Waals surface area contributed by atoms with Crippen LogP contribution in [0.25, 0.3) is 0 Å². The van der Waals surface area contributed by atoms with Crippen molar-refractivity contribution in [3.8, 4) is 5.75 Å². The number of rotatable bonds is 4. The summed E-state index contributed by atoms with van der Waals surface area (Å²) in [6, 6.07) is 4.36. The number of aromatic hydroxyl groups is 1. The third kappa shape index (κ3) is 4.10. The summed E-state index contributed by atoms with van der Waals surface area (Å²) in [6.07, 6.45) is 0. The summed E-state index contributed by atoms with van der Waals surface area (Å²) in [5, 5.41) is 12.5. The fourth-order valence-corrected chi connectivity index (χ4v) is 1.46. The van der Waals surface area contributed by atoms with Gasteiger partial charge in [-0.1, -0.05) is 25.4 Å². The second kappa shape index (κ2) is 6.12. The van der Waals surface area contributed by atoms with Gasteiger partial charge in [0.25, 0.3) is 5.91 Å². The third-order valence-corrected chi connectivity index (χ3v) is 3.28. The lowest BCUT2D eigenvalue weighted by atomic mass is 10.1. The van der Waals surface area contributed by atoms with Crippen molar-refractivity contribution in [1.29, 1.82) is 0 Å². The Labute approximate surface area is 111 Å². The molecule has 0 saturated carbocycles. The highest BCUT2D eigenvalue weighted by atomic mass is 35.5. The van der Waals surface area contributed by atoms with E-state index in [0.717, 1.165) is 0 Å². The topological polar surface area (TPSA) is 49.3 Å². The Morgan fingerprint density at radius 2 is 2.12 bits per heavy atom. The van der Waals surface area contributed by atoms with Crippen LogP contribution in [0.4, 0.5) is 0 Å². The van der Waals surface area contributed by atoms with Crippen molar-refractivity contribution in [2.75, 3.05) is 6.54 Å². The molecule has 0 spiro atoms. The van der Waals surface area contributed by atoms with E-state index < -0.39 is 0 Å². The normalized spacial score (nSPS) is 12.5. The van der Waals surface area contributed by atoms with Crippen molar-refractivity contribution in [2.24, 2.45) is 5.92 Å². The lowest BCUT2D eigenvalue weighted by Crippen LogP contribution is -2.31. The molecule has 0 heterocycles. The molecule has 0 bridgehead atoms. The highest BCUT2D eigenvalue weighted by Crippen LogP contribution is 2.21. The monoisotopic (exact) mass is 275 g/mol. The van der Waals surface area contributed by atoms with Crippen molar-refractivity contribution < 1.29 is 9.90 Å². The number of hydrogen-bond acceptors (Lipinski definition) is 2. The molecule has 0 saturated heterocycles. The largest absolute Gasteiger partial charge is 0.507 e. The molecule has 1 aromatic rings. The first kappa shape index (κ1) is 14.1. The molecule has 0 aliphatic rings. The molecule has 0 aliphatic heterocycles. The fraction of sp³-hybridized carbons (Fsp3) is 0.417. The van der Waals surface area contributed by atoms with Gasteiger partial charge in [0.05, 0.1) is 10.9 Å². The lowest BCUT2D eigenvalue weighted by molar-refractivity contribution is 0.0949. The Balaban J connectivity index is 2.64. The zero-order chi connectivity index (χ0) is 13.0. The van der Waals surface area contributed by atoms with Crippen molar-refractivity contribution in [3.05, 3.63) is 28.8 Å². The van der Waals surface area contributed by atoms with E-state index in [9.17, 15) is 9.90 Å². The van der Waals surface area contributed by atoms with E-state index in [1.54, 1.807) is 6.07 Å². The van der Waals surface area contributed by atoms with E-state index in [1.165, 1.54) is 12.1 Å². The molecule has 1 amide bonds. The van der Waals surface area contributed by atoms with Crippen LogP contribution in [0.15, 0.2) is 18.2 Å². The Hall–Kier alpha value is -0.930. The summed E-state index contributed by atoms with van der Waals surface area (Å²) in [6.45, 7) is 4.31. The molecule has 1 aromatic carbocycles. The lowest BCUT2D eigenvalue weighted by Gasteiger charge is -2.14. The van der Waals surface area contributed by atoms with Gasteiger partial charge in [0.2, 0.25) is 0 Å². The molecular weight excluding hydrogens is 261 g/mol. The average Bonchev–Trinajstić information content (AvgIpc) is 2.25. The highest BCUT2D eigenvalue weighted by Gasteiger charge is 2.14. The van der Waals surface area contributed by atoms with Crippen LogP contribution in [0, 0.1) is 5.92 Å². The predicted molar refractivity (Wildman–Crippen MR) is 69.9 cm³/mol. The second-order valence-corrected chi connectivity index (χ2v) is 5.13. The molecule has 5 heteroatoms. The molecular formula is C12H15Cl2NO2. The van der Waals surface area contributed by atoms with Gasteiger partial charge >= 0.3 is 0 Å². The molecule has 0 radical (unpaired) electrons. The molecule has 0 fully saturated rings. The van der Waals surface area contributed by atoms with Gasteiger partial charge in [-0.3, -0.25) is 4.79 Å². The number of carbonyl (C=O) groups excluding carboxylic acids is 1. The quantitative estimate of drug-likeness (QED) is 0.830. The van der Waals surface area contributed by atoms with Crippen molar-refractivity contribution in [1.82, 2.24) is 5.32 Å². The molecule has 94 valence electrons. The molecule has 0 aliphatic carbocycles. The maximum Gasteiger partial charge on any atom is 0.255 e. The van der Waals surface area contributed by atoms with E-state index in [2.05, 4.69) is 5.32 Å². The van der Waals surface area contributed by atoms with Gasteiger partial charge in [0.15, 0.2) is 0 Å². The molecule has 3 nitrogen and oxygen atoms in total. The predicted octanol–water partition coefficient (Wildman–Crippen LogP) is 3.04. The van der Waals surface area contributed by atoms with Gasteiger partial charge in [0, 0.05) is 11.6 Å². The molecule has 1 unspecified atom stereocenters. The van der Waals surface area contributed by atoms with Gasteiger partial charge in [-0.2, -0.15) is 0 Å². The maximum atomic E-state index is 11.7. The van der Waals surface area contributed by atoms with E-state index in [-0.39, 0.29) is 28.5 Å². The summed E-state index contributed by atoms with van der Waals surface area (Å²) in [4.78, 5) is 11.7. The number of nitrogens with one attached hydrogen (secondary N) is 1. The van der Waals surface area contributed by atoms with Crippen LogP contribution in [-0.4, -0.2) is 22.9 Å². The number of amides is 1. The minimum absolute atomic E-state index is 0.131. The Morgan fingerprint density at radius 1 is 1.47 bits per heavy atom. The van der Waals surface area contributed by atoms with Crippen molar-refractivity contribution >= 4 is 29.1 Å². The van der Waals surface area contributed by atoms with Crippen LogP contribution >= 0.6 is 23.2 Å². The molecule has 2 N–H and O–H groups in total. The number of benzene rings is 1. The first-order valence-corrected chi connectivity index (χ1v) is 6.14. The zero-order valence-electron chi connectivity index (χ0n) is 9.71.